The maximum atomic E-state index is 12.4. The molecule has 0 aromatic rings. The quantitative estimate of drug-likeness (QED) is 0.331. The van der Waals surface area contributed by atoms with Gasteiger partial charge in [-0.25, -0.2) is 0 Å². The fourth-order valence-corrected chi connectivity index (χ4v) is 2.88. The number of alkyl halides is 3. The van der Waals surface area contributed by atoms with Gasteiger partial charge in [0.05, 0.1) is 13.2 Å². The molecule has 0 heterocycles. The molecule has 0 aromatic carbocycles. The van der Waals surface area contributed by atoms with E-state index in [0.717, 1.165) is 12.8 Å². The van der Waals surface area contributed by atoms with Gasteiger partial charge in [-0.2, -0.15) is 21.6 Å². The lowest BCUT2D eigenvalue weighted by Gasteiger charge is -2.35. The van der Waals surface area contributed by atoms with Crippen LogP contribution in [0.4, 0.5) is 13.2 Å². The first-order chi connectivity index (χ1) is 11.2. The van der Waals surface area contributed by atoms with Gasteiger partial charge in [0, 0.05) is 25.0 Å². The van der Waals surface area contributed by atoms with Crippen LogP contribution in [0.1, 0.15) is 46.0 Å². The molecule has 1 aliphatic rings. The van der Waals surface area contributed by atoms with Crippen molar-refractivity contribution in [2.75, 3.05) is 26.4 Å². The van der Waals surface area contributed by atoms with Gasteiger partial charge in [-0.05, 0) is 31.8 Å². The van der Waals surface area contributed by atoms with E-state index in [0.29, 0.717) is 39.3 Å². The molecular formula is C15H25F3O5S. The lowest BCUT2D eigenvalue weighted by atomic mass is 9.78. The summed E-state index contributed by atoms with van der Waals surface area (Å²) in [6.07, 6.45) is 4.01. The second-order valence-corrected chi connectivity index (χ2v) is 7.50. The fourth-order valence-electron chi connectivity index (χ4n) is 2.36. The van der Waals surface area contributed by atoms with Crippen LogP contribution in [0.15, 0.2) is 11.8 Å². The van der Waals surface area contributed by atoms with E-state index in [2.05, 4.69) is 4.18 Å². The van der Waals surface area contributed by atoms with E-state index in [9.17, 15) is 21.6 Å². The summed E-state index contributed by atoms with van der Waals surface area (Å²) in [6.45, 7) is 5.97. The lowest BCUT2D eigenvalue weighted by Crippen LogP contribution is -2.35. The molecule has 0 aromatic heterocycles. The van der Waals surface area contributed by atoms with Gasteiger partial charge >= 0.3 is 15.6 Å². The van der Waals surface area contributed by atoms with Gasteiger partial charge in [0.25, 0.3) is 0 Å². The van der Waals surface area contributed by atoms with Crippen LogP contribution in [0, 0.1) is 5.41 Å². The fraction of sp³-hybridized carbons (Fsp3) is 0.867. The molecule has 0 spiro atoms. The molecule has 0 aliphatic heterocycles. The first-order valence-electron chi connectivity index (χ1n) is 8.01. The first kappa shape index (κ1) is 21.2. The zero-order chi connectivity index (χ0) is 18.3. The van der Waals surface area contributed by atoms with Crippen molar-refractivity contribution < 1.29 is 35.2 Å². The van der Waals surface area contributed by atoms with Crippen molar-refractivity contribution in [3.8, 4) is 0 Å². The standard InChI is InChI=1S/C15H25F3O5S/c1-3-9-21-11-14(12-22-10-4-2)7-5-13(6-8-14)23-24(19,20)15(16,17)18/h5H,3-4,6-12H2,1-2H3. The number of hydrogen-bond donors (Lipinski definition) is 0. The molecule has 0 N–H and O–H groups in total. The van der Waals surface area contributed by atoms with Crippen molar-refractivity contribution >= 4 is 10.1 Å². The zero-order valence-corrected chi connectivity index (χ0v) is 14.8. The average molecular weight is 374 g/mol. The molecule has 142 valence electrons. The van der Waals surface area contributed by atoms with Crippen LogP contribution < -0.4 is 0 Å². The third kappa shape index (κ3) is 6.25. The highest BCUT2D eigenvalue weighted by Crippen LogP contribution is 2.38. The smallest absolute Gasteiger partial charge is 0.381 e. The second-order valence-electron chi connectivity index (χ2n) is 5.96. The first-order valence-corrected chi connectivity index (χ1v) is 9.42. The molecule has 0 unspecified atom stereocenters. The monoisotopic (exact) mass is 374 g/mol. The summed E-state index contributed by atoms with van der Waals surface area (Å²) in [5.74, 6) is -0.172. The van der Waals surface area contributed by atoms with E-state index in [-0.39, 0.29) is 17.6 Å². The van der Waals surface area contributed by atoms with E-state index < -0.39 is 15.6 Å². The van der Waals surface area contributed by atoms with Crippen LogP contribution in [0.5, 0.6) is 0 Å². The molecule has 9 heteroatoms. The number of ether oxygens (including phenoxy) is 2. The van der Waals surface area contributed by atoms with Gasteiger partial charge in [-0.3, -0.25) is 0 Å². The third-order valence-corrected chi connectivity index (χ3v) is 4.68. The van der Waals surface area contributed by atoms with Crippen molar-refractivity contribution in [2.45, 2.75) is 51.5 Å². The normalized spacial score (nSPS) is 18.3. The minimum atomic E-state index is -5.61. The van der Waals surface area contributed by atoms with Crippen molar-refractivity contribution in [2.24, 2.45) is 5.41 Å². The van der Waals surface area contributed by atoms with E-state index in [4.69, 9.17) is 9.47 Å². The van der Waals surface area contributed by atoms with Gasteiger partial charge in [0.2, 0.25) is 0 Å². The Labute approximate surface area is 141 Å². The summed E-state index contributed by atoms with van der Waals surface area (Å²) in [7, 11) is -5.61. The van der Waals surface area contributed by atoms with Gasteiger partial charge in [0.15, 0.2) is 0 Å². The highest BCUT2D eigenvalue weighted by molar-refractivity contribution is 7.87. The molecule has 0 fully saturated rings. The maximum Gasteiger partial charge on any atom is 0.534 e. The molecule has 0 amide bonds. The maximum absolute atomic E-state index is 12.4. The average Bonchev–Trinajstić information content (AvgIpc) is 2.49. The van der Waals surface area contributed by atoms with Crippen molar-refractivity contribution in [3.05, 3.63) is 11.8 Å². The number of rotatable bonds is 10. The summed E-state index contributed by atoms with van der Waals surface area (Å²) in [4.78, 5) is 0. The Hall–Kier alpha value is -0.800. The van der Waals surface area contributed by atoms with Gasteiger partial charge in [-0.1, -0.05) is 13.8 Å². The van der Waals surface area contributed by atoms with Crippen LogP contribution in [0.3, 0.4) is 0 Å². The minimum Gasteiger partial charge on any atom is -0.381 e. The summed E-state index contributed by atoms with van der Waals surface area (Å²) in [5, 5.41) is 0. The van der Waals surface area contributed by atoms with Crippen molar-refractivity contribution in [1.29, 1.82) is 0 Å². The molecule has 1 rings (SSSR count). The Morgan fingerprint density at radius 2 is 1.67 bits per heavy atom. The SMILES string of the molecule is CCCOCC1(COCCC)CC=C(OS(=O)(=O)C(F)(F)F)CC1. The lowest BCUT2D eigenvalue weighted by molar-refractivity contribution is -0.0535. The zero-order valence-electron chi connectivity index (χ0n) is 14.0. The number of halogens is 3. The van der Waals surface area contributed by atoms with E-state index in [1.54, 1.807) is 0 Å². The highest BCUT2D eigenvalue weighted by atomic mass is 32.2. The molecule has 0 atom stereocenters. The van der Waals surface area contributed by atoms with Crippen LogP contribution in [-0.4, -0.2) is 40.4 Å². The van der Waals surface area contributed by atoms with Crippen molar-refractivity contribution in [3.63, 3.8) is 0 Å². The number of allylic oxidation sites excluding steroid dienone is 2. The summed E-state index contributed by atoms with van der Waals surface area (Å²) in [6, 6.07) is 0. The molecule has 5 nitrogen and oxygen atoms in total. The van der Waals surface area contributed by atoms with Gasteiger partial charge in [-0.15, -0.1) is 0 Å². The van der Waals surface area contributed by atoms with Crippen LogP contribution in [0.2, 0.25) is 0 Å². The molecule has 0 bridgehead atoms. The highest BCUT2D eigenvalue weighted by Gasteiger charge is 2.49. The third-order valence-electron chi connectivity index (χ3n) is 3.68. The van der Waals surface area contributed by atoms with E-state index >= 15 is 0 Å². The van der Waals surface area contributed by atoms with Gasteiger partial charge < -0.3 is 13.7 Å². The molecule has 1 aliphatic carbocycles. The van der Waals surface area contributed by atoms with Crippen LogP contribution in [0.25, 0.3) is 0 Å². The Bertz CT molecular complexity index is 504. The Morgan fingerprint density at radius 1 is 1.12 bits per heavy atom. The predicted molar refractivity (Wildman–Crippen MR) is 82.6 cm³/mol. The Balaban J connectivity index is 2.73. The molecule has 0 radical (unpaired) electrons. The summed E-state index contributed by atoms with van der Waals surface area (Å²) >= 11 is 0. The Morgan fingerprint density at radius 3 is 2.04 bits per heavy atom. The minimum absolute atomic E-state index is 0.0975. The molecule has 0 saturated heterocycles. The largest absolute Gasteiger partial charge is 0.534 e. The molecular weight excluding hydrogens is 349 g/mol. The summed E-state index contributed by atoms with van der Waals surface area (Å²) < 4.78 is 74.7. The van der Waals surface area contributed by atoms with Crippen LogP contribution in [-0.2, 0) is 23.8 Å². The van der Waals surface area contributed by atoms with Crippen molar-refractivity contribution in [1.82, 2.24) is 0 Å². The molecule has 0 saturated carbocycles. The summed E-state index contributed by atoms with van der Waals surface area (Å²) in [5.41, 5.74) is -5.78. The van der Waals surface area contributed by atoms with Gasteiger partial charge in [0.1, 0.15) is 5.76 Å². The van der Waals surface area contributed by atoms with E-state index in [1.165, 1.54) is 6.08 Å². The van der Waals surface area contributed by atoms with Crippen LogP contribution >= 0.6 is 0 Å². The Kier molecular flexibility index (Phi) is 8.01. The topological polar surface area (TPSA) is 61.8 Å². The predicted octanol–water partition coefficient (Wildman–Crippen LogP) is 3.76. The van der Waals surface area contributed by atoms with E-state index in [1.807, 2.05) is 13.8 Å². The number of hydrogen-bond acceptors (Lipinski definition) is 5. The second kappa shape index (κ2) is 9.05. The molecule has 24 heavy (non-hydrogen) atoms.